The van der Waals surface area contributed by atoms with E-state index >= 15 is 0 Å². The molecular weight excluding hydrogens is 408 g/mol. The lowest BCUT2D eigenvalue weighted by atomic mass is 10.0. The summed E-state index contributed by atoms with van der Waals surface area (Å²) in [4.78, 5) is 37.7. The molecule has 11 heteroatoms. The smallest absolute Gasteiger partial charge is 0.279 e. The molecule has 0 atom stereocenters. The molecule has 1 amide bonds. The van der Waals surface area contributed by atoms with E-state index in [-0.39, 0.29) is 17.9 Å². The molecule has 0 N–H and O–H groups in total. The third kappa shape index (κ3) is 4.12. The number of hydrogen-bond acceptors (Lipinski definition) is 8. The number of nitro benzene ring substituents is 2. The van der Waals surface area contributed by atoms with Crippen LogP contribution in [-0.2, 0) is 6.54 Å². The summed E-state index contributed by atoms with van der Waals surface area (Å²) >= 11 is 0. The second-order valence-electron chi connectivity index (χ2n) is 7.41. The van der Waals surface area contributed by atoms with Crippen LogP contribution in [0.1, 0.15) is 21.5 Å². The number of nitro groups is 2. The Kier molecular flexibility index (Phi) is 5.42. The molecule has 31 heavy (non-hydrogen) atoms. The summed E-state index contributed by atoms with van der Waals surface area (Å²) in [6, 6.07) is 7.77. The molecule has 2 heterocycles. The highest BCUT2D eigenvalue weighted by molar-refractivity contribution is 5.97. The Morgan fingerprint density at radius 2 is 1.71 bits per heavy atom. The van der Waals surface area contributed by atoms with Gasteiger partial charge in [-0.2, -0.15) is 0 Å². The Morgan fingerprint density at radius 3 is 2.39 bits per heavy atom. The Hall–Kier alpha value is -3.73. The van der Waals surface area contributed by atoms with E-state index < -0.39 is 27.1 Å². The van der Waals surface area contributed by atoms with Crippen molar-refractivity contribution in [3.63, 3.8) is 0 Å². The number of rotatable bonds is 5. The predicted octanol–water partition coefficient (Wildman–Crippen LogP) is 2.50. The van der Waals surface area contributed by atoms with Gasteiger partial charge in [0.1, 0.15) is 0 Å². The zero-order valence-electron chi connectivity index (χ0n) is 16.8. The minimum atomic E-state index is -0.730. The van der Waals surface area contributed by atoms with Gasteiger partial charge in [0.05, 0.1) is 21.5 Å². The van der Waals surface area contributed by atoms with Gasteiger partial charge in [-0.05, 0) is 24.6 Å². The van der Waals surface area contributed by atoms with Crippen LogP contribution in [-0.4, -0.2) is 58.5 Å². The van der Waals surface area contributed by atoms with E-state index in [9.17, 15) is 25.0 Å². The Bertz CT molecular complexity index is 1060. The van der Waals surface area contributed by atoms with E-state index in [0.29, 0.717) is 38.5 Å². The first kappa shape index (κ1) is 20.5. The van der Waals surface area contributed by atoms with Crippen LogP contribution in [0.4, 0.5) is 11.4 Å². The fourth-order valence-corrected chi connectivity index (χ4v) is 3.78. The van der Waals surface area contributed by atoms with Gasteiger partial charge in [0, 0.05) is 44.4 Å². The van der Waals surface area contributed by atoms with Crippen molar-refractivity contribution in [1.29, 1.82) is 0 Å². The molecule has 11 nitrogen and oxygen atoms in total. The predicted molar refractivity (Wildman–Crippen MR) is 108 cm³/mol. The summed E-state index contributed by atoms with van der Waals surface area (Å²) in [6.45, 7) is 4.38. The van der Waals surface area contributed by atoms with Gasteiger partial charge in [0.15, 0.2) is 11.5 Å². The molecule has 162 valence electrons. The molecule has 0 spiro atoms. The van der Waals surface area contributed by atoms with Gasteiger partial charge < -0.3 is 14.4 Å². The van der Waals surface area contributed by atoms with Crippen LogP contribution in [0, 0.1) is 27.2 Å². The van der Waals surface area contributed by atoms with Gasteiger partial charge in [0.2, 0.25) is 6.79 Å². The first-order valence-electron chi connectivity index (χ1n) is 9.67. The molecule has 2 aliphatic heterocycles. The third-order valence-electron chi connectivity index (χ3n) is 5.51. The number of carbonyl (C=O) groups is 1. The standard InChI is InChI=1S/C20H20N4O7/c1-13-16(9-15(23(26)27)10-17(13)24(28)29)20(25)22-6-4-21(5-7-22)11-14-2-3-18-19(8-14)31-12-30-18/h2-3,8-10H,4-7,11-12H2,1H3. The van der Waals surface area contributed by atoms with Crippen LogP contribution in [0.5, 0.6) is 11.5 Å². The maximum Gasteiger partial charge on any atom is 0.279 e. The molecule has 0 saturated carbocycles. The van der Waals surface area contributed by atoms with E-state index in [0.717, 1.165) is 23.4 Å². The number of nitrogens with zero attached hydrogens (tertiary/aromatic N) is 4. The van der Waals surface area contributed by atoms with E-state index in [4.69, 9.17) is 9.47 Å². The van der Waals surface area contributed by atoms with Crippen LogP contribution in [0.15, 0.2) is 30.3 Å². The highest BCUT2D eigenvalue weighted by Gasteiger charge is 2.29. The van der Waals surface area contributed by atoms with Gasteiger partial charge in [-0.3, -0.25) is 29.9 Å². The average Bonchev–Trinajstić information content (AvgIpc) is 3.21. The maximum absolute atomic E-state index is 13.0. The molecule has 0 bridgehead atoms. The summed E-state index contributed by atoms with van der Waals surface area (Å²) in [5, 5.41) is 22.4. The molecular formula is C20H20N4O7. The number of carbonyl (C=O) groups excluding carboxylic acids is 1. The molecule has 2 aliphatic rings. The van der Waals surface area contributed by atoms with Crippen LogP contribution < -0.4 is 9.47 Å². The largest absolute Gasteiger partial charge is 0.454 e. The van der Waals surface area contributed by atoms with E-state index in [1.807, 2.05) is 18.2 Å². The number of piperazine rings is 1. The number of amides is 1. The third-order valence-corrected chi connectivity index (χ3v) is 5.51. The Morgan fingerprint density at radius 1 is 1.00 bits per heavy atom. The SMILES string of the molecule is Cc1c(C(=O)N2CCN(Cc3ccc4c(c3)OCO4)CC2)cc([N+](=O)[O-])cc1[N+](=O)[O-]. The van der Waals surface area contributed by atoms with Crippen molar-refractivity contribution >= 4 is 17.3 Å². The molecule has 2 aromatic carbocycles. The van der Waals surface area contributed by atoms with Crippen molar-refractivity contribution < 1.29 is 24.1 Å². The fourth-order valence-electron chi connectivity index (χ4n) is 3.78. The minimum absolute atomic E-state index is 0.00915. The van der Waals surface area contributed by atoms with Crippen LogP contribution in [0.3, 0.4) is 0 Å². The van der Waals surface area contributed by atoms with Gasteiger partial charge in [0.25, 0.3) is 17.3 Å². The number of ether oxygens (including phenoxy) is 2. The van der Waals surface area contributed by atoms with Gasteiger partial charge in [-0.25, -0.2) is 0 Å². The monoisotopic (exact) mass is 428 g/mol. The van der Waals surface area contributed by atoms with Crippen LogP contribution in [0.25, 0.3) is 0 Å². The summed E-state index contributed by atoms with van der Waals surface area (Å²) in [5.74, 6) is 1.00. The molecule has 0 radical (unpaired) electrons. The number of fused-ring (bicyclic) bond motifs is 1. The lowest BCUT2D eigenvalue weighted by molar-refractivity contribution is -0.394. The second kappa shape index (κ2) is 8.19. The summed E-state index contributed by atoms with van der Waals surface area (Å²) < 4.78 is 10.7. The topological polar surface area (TPSA) is 128 Å². The van der Waals surface area contributed by atoms with E-state index in [1.165, 1.54) is 6.92 Å². The fraction of sp³-hybridized carbons (Fsp3) is 0.350. The van der Waals surface area contributed by atoms with Crippen molar-refractivity contribution in [3.05, 3.63) is 67.3 Å². The molecule has 0 aromatic heterocycles. The van der Waals surface area contributed by atoms with E-state index in [2.05, 4.69) is 4.90 Å². The van der Waals surface area contributed by atoms with Crippen molar-refractivity contribution in [3.8, 4) is 11.5 Å². The highest BCUT2D eigenvalue weighted by atomic mass is 16.7. The quantitative estimate of drug-likeness (QED) is 0.525. The molecule has 2 aromatic rings. The lowest BCUT2D eigenvalue weighted by Gasteiger charge is -2.35. The second-order valence-corrected chi connectivity index (χ2v) is 7.41. The van der Waals surface area contributed by atoms with Crippen molar-refractivity contribution in [2.75, 3.05) is 33.0 Å². The first-order chi connectivity index (χ1) is 14.8. The Balaban J connectivity index is 1.45. The molecule has 0 unspecified atom stereocenters. The lowest BCUT2D eigenvalue weighted by Crippen LogP contribution is -2.48. The normalized spacial score (nSPS) is 15.7. The van der Waals surface area contributed by atoms with Crippen molar-refractivity contribution in [2.24, 2.45) is 0 Å². The summed E-state index contributed by atoms with van der Waals surface area (Å²) in [5.41, 5.74) is 0.281. The Labute approximate surface area is 177 Å². The summed E-state index contributed by atoms with van der Waals surface area (Å²) in [6.07, 6.45) is 0. The maximum atomic E-state index is 13.0. The zero-order chi connectivity index (χ0) is 22.1. The number of hydrogen-bond donors (Lipinski definition) is 0. The zero-order valence-corrected chi connectivity index (χ0v) is 16.8. The molecule has 4 rings (SSSR count). The van der Waals surface area contributed by atoms with Gasteiger partial charge >= 0.3 is 0 Å². The molecule has 1 saturated heterocycles. The molecule has 1 fully saturated rings. The number of benzene rings is 2. The molecule has 0 aliphatic carbocycles. The van der Waals surface area contributed by atoms with Crippen molar-refractivity contribution in [2.45, 2.75) is 13.5 Å². The van der Waals surface area contributed by atoms with Crippen LogP contribution in [0.2, 0.25) is 0 Å². The van der Waals surface area contributed by atoms with Gasteiger partial charge in [-0.15, -0.1) is 0 Å². The minimum Gasteiger partial charge on any atom is -0.454 e. The average molecular weight is 428 g/mol. The van der Waals surface area contributed by atoms with Crippen molar-refractivity contribution in [1.82, 2.24) is 9.80 Å². The van der Waals surface area contributed by atoms with Crippen LogP contribution >= 0.6 is 0 Å². The summed E-state index contributed by atoms with van der Waals surface area (Å²) in [7, 11) is 0. The highest BCUT2D eigenvalue weighted by Crippen LogP contribution is 2.33. The van der Waals surface area contributed by atoms with E-state index in [1.54, 1.807) is 4.90 Å². The number of non-ortho nitro benzene ring substituents is 1. The first-order valence-corrected chi connectivity index (χ1v) is 9.67. The van der Waals surface area contributed by atoms with Gasteiger partial charge in [-0.1, -0.05) is 6.07 Å².